The lowest BCUT2D eigenvalue weighted by Gasteiger charge is -2.23. The zero-order valence-electron chi connectivity index (χ0n) is 10.2. The number of rotatable bonds is 5. The Morgan fingerprint density at radius 2 is 2.19 bits per heavy atom. The molecule has 0 radical (unpaired) electrons. The van der Waals surface area contributed by atoms with Crippen LogP contribution in [0.15, 0.2) is 29.2 Å². The fourth-order valence-electron chi connectivity index (χ4n) is 2.43. The van der Waals surface area contributed by atoms with Gasteiger partial charge in [0.15, 0.2) is 0 Å². The number of thioether (sulfide) groups is 1. The predicted molar refractivity (Wildman–Crippen MR) is 72.2 cm³/mol. The Balaban J connectivity index is 2.02. The molecular weight excluding hydrogens is 214 g/mol. The molecule has 1 aromatic carbocycles. The van der Waals surface area contributed by atoms with Crippen LogP contribution in [-0.2, 0) is 6.42 Å². The van der Waals surface area contributed by atoms with Gasteiger partial charge in [-0.1, -0.05) is 38.5 Å². The maximum Gasteiger partial charge on any atom is 0.0289 e. The van der Waals surface area contributed by atoms with Crippen molar-refractivity contribution < 1.29 is 0 Å². The third-order valence-electron chi connectivity index (χ3n) is 3.19. The Morgan fingerprint density at radius 3 is 2.88 bits per heavy atom. The molecule has 0 fully saturated rings. The first-order valence-electron chi connectivity index (χ1n) is 6.33. The van der Waals surface area contributed by atoms with Crippen molar-refractivity contribution in [1.82, 2.24) is 5.32 Å². The second-order valence-corrected chi connectivity index (χ2v) is 5.70. The lowest BCUT2D eigenvalue weighted by atomic mass is 10.0. The fraction of sp³-hybridized carbons (Fsp3) is 0.571. The van der Waals surface area contributed by atoms with Crippen molar-refractivity contribution in [3.05, 3.63) is 29.8 Å². The SMILES string of the molecule is CCCC(NCC)C1Cc2ccccc2S1. The topological polar surface area (TPSA) is 12.0 Å². The van der Waals surface area contributed by atoms with Gasteiger partial charge in [0, 0.05) is 16.2 Å². The quantitative estimate of drug-likeness (QED) is 0.838. The van der Waals surface area contributed by atoms with Gasteiger partial charge in [0.25, 0.3) is 0 Å². The molecule has 1 aliphatic rings. The maximum absolute atomic E-state index is 3.64. The van der Waals surface area contributed by atoms with E-state index in [4.69, 9.17) is 0 Å². The van der Waals surface area contributed by atoms with E-state index in [9.17, 15) is 0 Å². The average Bonchev–Trinajstić information content (AvgIpc) is 2.72. The van der Waals surface area contributed by atoms with Crippen LogP contribution in [0.5, 0.6) is 0 Å². The monoisotopic (exact) mass is 235 g/mol. The number of benzene rings is 1. The molecule has 0 aromatic heterocycles. The first-order valence-corrected chi connectivity index (χ1v) is 7.21. The minimum absolute atomic E-state index is 0.674. The Bertz CT molecular complexity index is 306. The largest absolute Gasteiger partial charge is 0.313 e. The van der Waals surface area contributed by atoms with Crippen molar-refractivity contribution in [2.45, 2.75) is 49.3 Å². The van der Waals surface area contributed by atoms with Gasteiger partial charge in [0.05, 0.1) is 0 Å². The molecule has 0 aliphatic carbocycles. The summed E-state index contributed by atoms with van der Waals surface area (Å²) >= 11 is 2.06. The van der Waals surface area contributed by atoms with Gasteiger partial charge in [0.1, 0.15) is 0 Å². The second-order valence-electron chi connectivity index (χ2n) is 4.42. The Kier molecular flexibility index (Phi) is 4.30. The van der Waals surface area contributed by atoms with E-state index in [1.165, 1.54) is 29.7 Å². The predicted octanol–water partition coefficient (Wildman–Crippen LogP) is 3.48. The number of fused-ring (bicyclic) bond motifs is 1. The van der Waals surface area contributed by atoms with Crippen LogP contribution in [-0.4, -0.2) is 17.8 Å². The molecule has 1 N–H and O–H groups in total. The first-order chi connectivity index (χ1) is 7.85. The van der Waals surface area contributed by atoms with Crippen LogP contribution in [0, 0.1) is 0 Å². The minimum Gasteiger partial charge on any atom is -0.313 e. The third kappa shape index (κ3) is 2.61. The van der Waals surface area contributed by atoms with Crippen molar-refractivity contribution in [3.8, 4) is 0 Å². The van der Waals surface area contributed by atoms with Crippen LogP contribution >= 0.6 is 11.8 Å². The first kappa shape index (κ1) is 12.0. The summed E-state index contributed by atoms with van der Waals surface area (Å²) in [6.07, 6.45) is 3.79. The van der Waals surface area contributed by atoms with Crippen molar-refractivity contribution in [1.29, 1.82) is 0 Å². The minimum atomic E-state index is 0.674. The molecule has 1 nitrogen and oxygen atoms in total. The van der Waals surface area contributed by atoms with Crippen LogP contribution in [0.1, 0.15) is 32.3 Å². The molecule has 16 heavy (non-hydrogen) atoms. The molecule has 2 rings (SSSR count). The van der Waals surface area contributed by atoms with E-state index in [1.807, 2.05) is 0 Å². The van der Waals surface area contributed by atoms with Crippen LogP contribution < -0.4 is 5.32 Å². The summed E-state index contributed by atoms with van der Waals surface area (Å²) in [5.74, 6) is 0. The Labute approximate surface area is 103 Å². The van der Waals surface area contributed by atoms with E-state index in [0.29, 0.717) is 6.04 Å². The van der Waals surface area contributed by atoms with Gasteiger partial charge in [0.2, 0.25) is 0 Å². The van der Waals surface area contributed by atoms with E-state index in [2.05, 4.69) is 55.2 Å². The lowest BCUT2D eigenvalue weighted by Crippen LogP contribution is -2.37. The highest BCUT2D eigenvalue weighted by atomic mass is 32.2. The van der Waals surface area contributed by atoms with Gasteiger partial charge in [-0.25, -0.2) is 0 Å². The Hall–Kier alpha value is -0.470. The van der Waals surface area contributed by atoms with Gasteiger partial charge in [-0.3, -0.25) is 0 Å². The van der Waals surface area contributed by atoms with E-state index in [-0.39, 0.29) is 0 Å². The molecule has 0 amide bonds. The van der Waals surface area contributed by atoms with Crippen LogP contribution in [0.4, 0.5) is 0 Å². The highest BCUT2D eigenvalue weighted by Crippen LogP contribution is 2.39. The molecule has 0 bridgehead atoms. The van der Waals surface area contributed by atoms with Crippen molar-refractivity contribution in [2.75, 3.05) is 6.54 Å². The van der Waals surface area contributed by atoms with Crippen molar-refractivity contribution in [2.24, 2.45) is 0 Å². The van der Waals surface area contributed by atoms with Crippen LogP contribution in [0.3, 0.4) is 0 Å². The molecule has 2 unspecified atom stereocenters. The molecular formula is C14H21NS. The number of hydrogen-bond donors (Lipinski definition) is 1. The standard InChI is InChI=1S/C14H21NS/c1-3-7-12(15-4-2)14-10-11-8-5-6-9-13(11)16-14/h5-6,8-9,12,14-15H,3-4,7,10H2,1-2H3. The number of hydrogen-bond acceptors (Lipinski definition) is 2. The Morgan fingerprint density at radius 1 is 1.38 bits per heavy atom. The normalized spacial score (nSPS) is 20.8. The van der Waals surface area contributed by atoms with E-state index < -0.39 is 0 Å². The zero-order valence-corrected chi connectivity index (χ0v) is 11.0. The molecule has 2 atom stereocenters. The van der Waals surface area contributed by atoms with Gasteiger partial charge in [-0.15, -0.1) is 11.8 Å². The summed E-state index contributed by atoms with van der Waals surface area (Å²) < 4.78 is 0. The van der Waals surface area contributed by atoms with Gasteiger partial charge in [-0.2, -0.15) is 0 Å². The molecule has 1 heterocycles. The highest BCUT2D eigenvalue weighted by Gasteiger charge is 2.27. The summed E-state index contributed by atoms with van der Waals surface area (Å²) in [7, 11) is 0. The van der Waals surface area contributed by atoms with Gasteiger partial charge < -0.3 is 5.32 Å². The van der Waals surface area contributed by atoms with Gasteiger partial charge >= 0.3 is 0 Å². The van der Waals surface area contributed by atoms with Gasteiger partial charge in [-0.05, 0) is 31.0 Å². The third-order valence-corrected chi connectivity index (χ3v) is 4.64. The molecule has 1 aliphatic heterocycles. The van der Waals surface area contributed by atoms with Crippen molar-refractivity contribution >= 4 is 11.8 Å². The molecule has 0 saturated heterocycles. The molecule has 1 aromatic rings. The average molecular weight is 235 g/mol. The highest BCUT2D eigenvalue weighted by molar-refractivity contribution is 8.00. The summed E-state index contributed by atoms with van der Waals surface area (Å²) in [5, 5.41) is 4.37. The summed E-state index contributed by atoms with van der Waals surface area (Å²) in [4.78, 5) is 1.49. The smallest absolute Gasteiger partial charge is 0.0289 e. The van der Waals surface area contributed by atoms with E-state index in [0.717, 1.165) is 11.8 Å². The molecule has 0 saturated carbocycles. The summed E-state index contributed by atoms with van der Waals surface area (Å²) in [6.45, 7) is 5.56. The van der Waals surface area contributed by atoms with E-state index >= 15 is 0 Å². The maximum atomic E-state index is 3.64. The fourth-order valence-corrected chi connectivity index (χ4v) is 3.87. The zero-order chi connectivity index (χ0) is 11.4. The van der Waals surface area contributed by atoms with Crippen molar-refractivity contribution in [3.63, 3.8) is 0 Å². The number of nitrogens with one attached hydrogen (secondary N) is 1. The van der Waals surface area contributed by atoms with Crippen LogP contribution in [0.2, 0.25) is 0 Å². The lowest BCUT2D eigenvalue weighted by molar-refractivity contribution is 0.473. The molecule has 0 spiro atoms. The molecule has 88 valence electrons. The second kappa shape index (κ2) is 5.74. The summed E-state index contributed by atoms with van der Waals surface area (Å²) in [6, 6.07) is 9.51. The molecule has 2 heteroatoms. The van der Waals surface area contributed by atoms with E-state index in [1.54, 1.807) is 0 Å². The summed E-state index contributed by atoms with van der Waals surface area (Å²) in [5.41, 5.74) is 1.54. The van der Waals surface area contributed by atoms with Crippen LogP contribution in [0.25, 0.3) is 0 Å².